The highest BCUT2D eigenvalue weighted by Crippen LogP contribution is 2.36. The molecular weight excluding hydrogens is 366 g/mol. The lowest BCUT2D eigenvalue weighted by atomic mass is 9.81. The molecular formula is C18H27N5O3S. The average Bonchev–Trinajstić information content (AvgIpc) is 3.12. The predicted molar refractivity (Wildman–Crippen MR) is 104 cm³/mol. The van der Waals surface area contributed by atoms with E-state index in [1.54, 1.807) is 17.7 Å². The largest absolute Gasteiger partial charge is 0.380 e. The first-order valence-electron chi connectivity index (χ1n) is 9.49. The van der Waals surface area contributed by atoms with Crippen molar-refractivity contribution in [3.63, 3.8) is 0 Å². The number of piperidine rings is 1. The Balaban J connectivity index is 1.36. The van der Waals surface area contributed by atoms with Gasteiger partial charge in [0.15, 0.2) is 0 Å². The van der Waals surface area contributed by atoms with E-state index in [0.29, 0.717) is 19.1 Å². The number of anilines is 1. The fourth-order valence-electron chi connectivity index (χ4n) is 4.22. The van der Waals surface area contributed by atoms with Crippen molar-refractivity contribution in [1.29, 1.82) is 0 Å². The maximum Gasteiger partial charge on any atom is 0.214 e. The van der Waals surface area contributed by atoms with Gasteiger partial charge in [-0.2, -0.15) is 4.31 Å². The van der Waals surface area contributed by atoms with Gasteiger partial charge in [-0.05, 0) is 37.7 Å². The van der Waals surface area contributed by atoms with Crippen LogP contribution in [-0.4, -0.2) is 72.8 Å². The number of aromatic amines is 1. The summed E-state index contributed by atoms with van der Waals surface area (Å²) in [5.41, 5.74) is 0.822. The van der Waals surface area contributed by atoms with Gasteiger partial charge in [-0.15, -0.1) is 0 Å². The van der Waals surface area contributed by atoms with E-state index in [2.05, 4.69) is 19.9 Å². The Bertz CT molecular complexity index is 893. The lowest BCUT2D eigenvalue weighted by Crippen LogP contribution is -2.49. The molecule has 0 amide bonds. The molecule has 0 aromatic carbocycles. The van der Waals surface area contributed by atoms with E-state index in [1.165, 1.54) is 0 Å². The lowest BCUT2D eigenvalue weighted by Gasteiger charge is -2.42. The summed E-state index contributed by atoms with van der Waals surface area (Å²) >= 11 is 0. The van der Waals surface area contributed by atoms with Crippen LogP contribution in [0.25, 0.3) is 11.0 Å². The number of methoxy groups -OCH3 is 1. The van der Waals surface area contributed by atoms with E-state index >= 15 is 0 Å². The van der Waals surface area contributed by atoms with Crippen molar-refractivity contribution in [3.8, 4) is 0 Å². The van der Waals surface area contributed by atoms with Gasteiger partial charge in [0.05, 0.1) is 17.2 Å². The molecule has 1 atom stereocenters. The number of fused-ring (bicyclic) bond motifs is 1. The number of hydrogen-bond donors (Lipinski definition) is 1. The molecule has 1 aliphatic heterocycles. The predicted octanol–water partition coefficient (Wildman–Crippen LogP) is 1.61. The van der Waals surface area contributed by atoms with Gasteiger partial charge in [-0.3, -0.25) is 0 Å². The van der Waals surface area contributed by atoms with Gasteiger partial charge in [0.2, 0.25) is 10.0 Å². The zero-order chi connectivity index (χ0) is 19.0. The molecule has 2 aliphatic rings. The molecule has 3 heterocycles. The van der Waals surface area contributed by atoms with Crippen LogP contribution in [0.2, 0.25) is 0 Å². The molecule has 0 spiro atoms. The lowest BCUT2D eigenvalue weighted by molar-refractivity contribution is 0.0569. The van der Waals surface area contributed by atoms with Gasteiger partial charge in [-0.25, -0.2) is 18.4 Å². The van der Waals surface area contributed by atoms with Gasteiger partial charge in [0.25, 0.3) is 0 Å². The van der Waals surface area contributed by atoms with Crippen LogP contribution >= 0.6 is 0 Å². The Labute approximate surface area is 160 Å². The molecule has 8 nitrogen and oxygen atoms in total. The van der Waals surface area contributed by atoms with E-state index in [1.807, 2.05) is 19.3 Å². The molecule has 1 saturated carbocycles. The SMILES string of the molecule is COC1CCCN(S(=O)(=O)CC2CC(N(C)c3ncnc4[nH]ccc34)C2)C1. The first kappa shape index (κ1) is 18.6. The van der Waals surface area contributed by atoms with Gasteiger partial charge < -0.3 is 14.6 Å². The molecule has 4 rings (SSSR count). The summed E-state index contributed by atoms with van der Waals surface area (Å²) < 4.78 is 32.5. The summed E-state index contributed by atoms with van der Waals surface area (Å²) in [6.07, 6.45) is 6.99. The fourth-order valence-corrected chi connectivity index (χ4v) is 6.10. The third kappa shape index (κ3) is 3.68. The van der Waals surface area contributed by atoms with Gasteiger partial charge in [-0.1, -0.05) is 0 Å². The molecule has 2 aromatic heterocycles. The third-order valence-corrected chi connectivity index (χ3v) is 7.95. The summed E-state index contributed by atoms with van der Waals surface area (Å²) in [6.45, 7) is 1.10. The maximum absolute atomic E-state index is 12.8. The quantitative estimate of drug-likeness (QED) is 0.802. The molecule has 9 heteroatoms. The topological polar surface area (TPSA) is 91.4 Å². The number of rotatable bonds is 6. The first-order chi connectivity index (χ1) is 13.0. The molecule has 2 fully saturated rings. The van der Waals surface area contributed by atoms with Gasteiger partial charge >= 0.3 is 0 Å². The number of aromatic nitrogens is 3. The molecule has 0 bridgehead atoms. The molecule has 1 saturated heterocycles. The first-order valence-corrected chi connectivity index (χ1v) is 11.1. The normalized spacial score (nSPS) is 26.8. The Hall–Kier alpha value is -1.71. The summed E-state index contributed by atoms with van der Waals surface area (Å²) in [7, 11) is 0.459. The van der Waals surface area contributed by atoms with E-state index in [9.17, 15) is 8.42 Å². The molecule has 1 aliphatic carbocycles. The summed E-state index contributed by atoms with van der Waals surface area (Å²) in [6, 6.07) is 2.29. The Morgan fingerprint density at radius 1 is 1.37 bits per heavy atom. The minimum Gasteiger partial charge on any atom is -0.380 e. The third-order valence-electron chi connectivity index (χ3n) is 5.94. The van der Waals surface area contributed by atoms with Crippen molar-refractivity contribution < 1.29 is 13.2 Å². The Kier molecular flexibility index (Phi) is 5.09. The van der Waals surface area contributed by atoms with Crippen molar-refractivity contribution in [2.75, 3.05) is 37.9 Å². The number of nitrogens with one attached hydrogen (secondary N) is 1. The van der Waals surface area contributed by atoms with Crippen LogP contribution in [0.5, 0.6) is 0 Å². The van der Waals surface area contributed by atoms with Gasteiger partial charge in [0, 0.05) is 39.5 Å². The van der Waals surface area contributed by atoms with E-state index in [0.717, 1.165) is 42.5 Å². The number of sulfonamides is 1. The molecule has 148 valence electrons. The highest BCUT2D eigenvalue weighted by molar-refractivity contribution is 7.89. The minimum atomic E-state index is -3.22. The van der Waals surface area contributed by atoms with Crippen LogP contribution in [-0.2, 0) is 14.8 Å². The second-order valence-electron chi connectivity index (χ2n) is 7.68. The van der Waals surface area contributed by atoms with Crippen LogP contribution in [0.3, 0.4) is 0 Å². The Morgan fingerprint density at radius 2 is 2.19 bits per heavy atom. The monoisotopic (exact) mass is 393 g/mol. The van der Waals surface area contributed by atoms with E-state index in [4.69, 9.17) is 4.74 Å². The molecule has 2 aromatic rings. The van der Waals surface area contributed by atoms with Gasteiger partial charge in [0.1, 0.15) is 17.8 Å². The summed E-state index contributed by atoms with van der Waals surface area (Å²) in [4.78, 5) is 13.9. The zero-order valence-corrected chi connectivity index (χ0v) is 16.7. The second-order valence-corrected chi connectivity index (χ2v) is 9.69. The van der Waals surface area contributed by atoms with Crippen LogP contribution in [0.1, 0.15) is 25.7 Å². The summed E-state index contributed by atoms with van der Waals surface area (Å²) in [5.74, 6) is 1.33. The average molecular weight is 394 g/mol. The van der Waals surface area contributed by atoms with Crippen molar-refractivity contribution in [1.82, 2.24) is 19.3 Å². The van der Waals surface area contributed by atoms with Crippen molar-refractivity contribution in [2.24, 2.45) is 5.92 Å². The molecule has 27 heavy (non-hydrogen) atoms. The van der Waals surface area contributed by atoms with Crippen LogP contribution in [0.15, 0.2) is 18.6 Å². The van der Waals surface area contributed by atoms with Crippen LogP contribution < -0.4 is 4.90 Å². The Morgan fingerprint density at radius 3 is 2.96 bits per heavy atom. The maximum atomic E-state index is 12.8. The summed E-state index contributed by atoms with van der Waals surface area (Å²) in [5, 5.41) is 0.995. The highest BCUT2D eigenvalue weighted by Gasteiger charge is 2.38. The molecule has 1 unspecified atom stereocenters. The highest BCUT2D eigenvalue weighted by atomic mass is 32.2. The van der Waals surface area contributed by atoms with Crippen molar-refractivity contribution in [2.45, 2.75) is 37.8 Å². The fraction of sp³-hybridized carbons (Fsp3) is 0.667. The standard InChI is InChI=1S/C18H27N5O3S/c1-22(18-16-5-6-19-17(16)20-12-21-18)14-8-13(9-14)11-27(24,25)23-7-3-4-15(10-23)26-2/h5-6,12-15H,3-4,7-11H2,1-2H3,(H,19,20,21). The van der Waals surface area contributed by atoms with Crippen LogP contribution in [0.4, 0.5) is 5.82 Å². The number of ether oxygens (including phenoxy) is 1. The second kappa shape index (κ2) is 7.37. The number of nitrogens with zero attached hydrogens (tertiary/aromatic N) is 4. The number of H-pyrrole nitrogens is 1. The van der Waals surface area contributed by atoms with E-state index < -0.39 is 10.0 Å². The van der Waals surface area contributed by atoms with Crippen molar-refractivity contribution in [3.05, 3.63) is 18.6 Å². The van der Waals surface area contributed by atoms with Crippen LogP contribution in [0, 0.1) is 5.92 Å². The number of hydrogen-bond acceptors (Lipinski definition) is 6. The molecule has 0 radical (unpaired) electrons. The minimum absolute atomic E-state index is 0.0234. The van der Waals surface area contributed by atoms with E-state index in [-0.39, 0.29) is 17.8 Å². The molecule has 1 N–H and O–H groups in total. The zero-order valence-electron chi connectivity index (χ0n) is 15.8. The van der Waals surface area contributed by atoms with Crippen molar-refractivity contribution >= 4 is 26.9 Å². The smallest absolute Gasteiger partial charge is 0.214 e.